The minimum Gasteiger partial charge on any atom is -0.369 e. The molecule has 0 aromatic heterocycles. The Kier molecular flexibility index (Phi) is 5.70. The zero-order chi connectivity index (χ0) is 15.3. The monoisotopic (exact) mass is 277 g/mol. The lowest BCUT2D eigenvalue weighted by Gasteiger charge is -2.18. The summed E-state index contributed by atoms with van der Waals surface area (Å²) in [7, 11) is 1.69. The van der Waals surface area contributed by atoms with Crippen molar-refractivity contribution in [2.24, 2.45) is 5.73 Å². The predicted octanol–water partition coefficient (Wildman–Crippen LogP) is 0.898. The topological polar surface area (TPSA) is 75.4 Å². The summed E-state index contributed by atoms with van der Waals surface area (Å²) in [6.45, 7) is 6.27. The van der Waals surface area contributed by atoms with E-state index >= 15 is 0 Å². The molecule has 1 aromatic carbocycles. The van der Waals surface area contributed by atoms with Gasteiger partial charge >= 0.3 is 0 Å². The van der Waals surface area contributed by atoms with E-state index in [9.17, 15) is 9.59 Å². The average molecular weight is 277 g/mol. The summed E-state index contributed by atoms with van der Waals surface area (Å²) in [6, 6.07) is 6.07. The van der Waals surface area contributed by atoms with Crippen LogP contribution in [0.5, 0.6) is 0 Å². The fraction of sp³-hybridized carbons (Fsp3) is 0.467. The largest absolute Gasteiger partial charge is 0.369 e. The number of benzene rings is 1. The first-order valence-electron chi connectivity index (χ1n) is 6.63. The molecule has 0 aliphatic rings. The van der Waals surface area contributed by atoms with Crippen LogP contribution in [0.2, 0.25) is 0 Å². The quantitative estimate of drug-likeness (QED) is 0.811. The molecule has 2 amide bonds. The van der Waals surface area contributed by atoms with Crippen molar-refractivity contribution in [3.8, 4) is 0 Å². The third kappa shape index (κ3) is 5.01. The van der Waals surface area contributed by atoms with Crippen LogP contribution in [0.1, 0.15) is 29.7 Å². The number of amides is 2. The highest BCUT2D eigenvalue weighted by atomic mass is 16.2. The van der Waals surface area contributed by atoms with Gasteiger partial charge in [-0.25, -0.2) is 0 Å². The van der Waals surface area contributed by atoms with E-state index in [1.165, 1.54) is 11.1 Å². The molecule has 0 saturated carbocycles. The van der Waals surface area contributed by atoms with Crippen LogP contribution in [0.15, 0.2) is 18.2 Å². The summed E-state index contributed by atoms with van der Waals surface area (Å²) in [5, 5.41) is 2.91. The molecule has 0 radical (unpaired) electrons. The second kappa shape index (κ2) is 7.05. The SMILES string of the molecule is Cc1ccc([C@@H](C)NC(=O)CN(C)CC(N)=O)cc1C. The van der Waals surface area contributed by atoms with Crippen LogP contribution in [0, 0.1) is 13.8 Å². The molecule has 0 bridgehead atoms. The molecular weight excluding hydrogens is 254 g/mol. The number of hydrogen-bond acceptors (Lipinski definition) is 3. The van der Waals surface area contributed by atoms with Gasteiger partial charge in [-0.05, 0) is 44.5 Å². The van der Waals surface area contributed by atoms with Gasteiger partial charge in [0.25, 0.3) is 0 Å². The molecule has 3 N–H and O–H groups in total. The lowest BCUT2D eigenvalue weighted by molar-refractivity contribution is -0.123. The fourth-order valence-corrected chi connectivity index (χ4v) is 1.97. The number of carbonyl (C=O) groups excluding carboxylic acids is 2. The number of hydrogen-bond donors (Lipinski definition) is 2. The highest BCUT2D eigenvalue weighted by molar-refractivity contribution is 5.80. The van der Waals surface area contributed by atoms with Gasteiger partial charge in [-0.2, -0.15) is 0 Å². The molecule has 1 aromatic rings. The van der Waals surface area contributed by atoms with E-state index in [-0.39, 0.29) is 25.0 Å². The predicted molar refractivity (Wildman–Crippen MR) is 79.2 cm³/mol. The minimum atomic E-state index is -0.442. The lowest BCUT2D eigenvalue weighted by atomic mass is 10.0. The zero-order valence-electron chi connectivity index (χ0n) is 12.6. The number of nitrogens with zero attached hydrogens (tertiary/aromatic N) is 1. The Morgan fingerprint density at radius 2 is 1.90 bits per heavy atom. The second-order valence-electron chi connectivity index (χ2n) is 5.27. The van der Waals surface area contributed by atoms with Gasteiger partial charge in [0.1, 0.15) is 0 Å². The number of carbonyl (C=O) groups is 2. The number of nitrogens with two attached hydrogens (primary N) is 1. The Morgan fingerprint density at radius 3 is 2.45 bits per heavy atom. The van der Waals surface area contributed by atoms with Gasteiger partial charge in [-0.1, -0.05) is 18.2 Å². The van der Waals surface area contributed by atoms with E-state index in [4.69, 9.17) is 5.73 Å². The number of aryl methyl sites for hydroxylation is 2. The van der Waals surface area contributed by atoms with Crippen molar-refractivity contribution in [1.82, 2.24) is 10.2 Å². The Labute approximate surface area is 120 Å². The van der Waals surface area contributed by atoms with Crippen LogP contribution in [0.3, 0.4) is 0 Å². The third-order valence-corrected chi connectivity index (χ3v) is 3.25. The summed E-state index contributed by atoms with van der Waals surface area (Å²) in [5.41, 5.74) is 8.58. The Hall–Kier alpha value is -1.88. The van der Waals surface area contributed by atoms with E-state index < -0.39 is 5.91 Å². The Morgan fingerprint density at radius 1 is 1.25 bits per heavy atom. The van der Waals surface area contributed by atoms with Gasteiger partial charge in [0, 0.05) is 0 Å². The van der Waals surface area contributed by atoms with Gasteiger partial charge in [0.05, 0.1) is 19.1 Å². The van der Waals surface area contributed by atoms with Crippen LogP contribution in [0.25, 0.3) is 0 Å². The van der Waals surface area contributed by atoms with Crippen LogP contribution in [0.4, 0.5) is 0 Å². The molecule has 110 valence electrons. The van der Waals surface area contributed by atoms with Gasteiger partial charge in [0.2, 0.25) is 11.8 Å². The normalized spacial score (nSPS) is 12.2. The van der Waals surface area contributed by atoms with Gasteiger partial charge in [-0.3, -0.25) is 14.5 Å². The molecule has 5 nitrogen and oxygen atoms in total. The van der Waals surface area contributed by atoms with Crippen molar-refractivity contribution in [2.45, 2.75) is 26.8 Å². The third-order valence-electron chi connectivity index (χ3n) is 3.25. The summed E-state index contributed by atoms with van der Waals surface area (Å²) >= 11 is 0. The number of rotatable bonds is 6. The van der Waals surface area contributed by atoms with Crippen LogP contribution in [-0.2, 0) is 9.59 Å². The molecule has 20 heavy (non-hydrogen) atoms. The zero-order valence-corrected chi connectivity index (χ0v) is 12.6. The number of primary amides is 1. The van der Waals surface area contributed by atoms with Gasteiger partial charge < -0.3 is 11.1 Å². The fourth-order valence-electron chi connectivity index (χ4n) is 1.97. The molecule has 0 fully saturated rings. The number of nitrogens with one attached hydrogen (secondary N) is 1. The van der Waals surface area contributed by atoms with Crippen molar-refractivity contribution in [1.29, 1.82) is 0 Å². The number of likely N-dealkylation sites (N-methyl/N-ethyl adjacent to an activating group) is 1. The molecule has 0 aliphatic heterocycles. The van der Waals surface area contributed by atoms with E-state index in [1.54, 1.807) is 11.9 Å². The van der Waals surface area contributed by atoms with Gasteiger partial charge in [-0.15, -0.1) is 0 Å². The van der Waals surface area contributed by atoms with Crippen LogP contribution < -0.4 is 11.1 Å². The maximum atomic E-state index is 11.9. The summed E-state index contributed by atoms with van der Waals surface area (Å²) in [5.74, 6) is -0.568. The first kappa shape index (κ1) is 16.2. The van der Waals surface area contributed by atoms with Crippen molar-refractivity contribution in [3.63, 3.8) is 0 Å². The van der Waals surface area contributed by atoms with E-state index in [1.807, 2.05) is 26.0 Å². The van der Waals surface area contributed by atoms with Crippen LogP contribution >= 0.6 is 0 Å². The molecule has 1 atom stereocenters. The Bertz CT molecular complexity index is 500. The maximum absolute atomic E-state index is 11.9. The minimum absolute atomic E-state index is 0.0659. The van der Waals surface area contributed by atoms with E-state index in [0.29, 0.717) is 0 Å². The molecule has 0 aliphatic carbocycles. The molecule has 0 spiro atoms. The summed E-state index contributed by atoms with van der Waals surface area (Å²) in [4.78, 5) is 24.2. The molecule has 1 rings (SSSR count). The van der Waals surface area contributed by atoms with Crippen molar-refractivity contribution in [2.75, 3.05) is 20.1 Å². The maximum Gasteiger partial charge on any atom is 0.234 e. The smallest absolute Gasteiger partial charge is 0.234 e. The Balaban J connectivity index is 2.56. The first-order chi connectivity index (χ1) is 9.29. The highest BCUT2D eigenvalue weighted by Crippen LogP contribution is 2.16. The van der Waals surface area contributed by atoms with Crippen molar-refractivity contribution in [3.05, 3.63) is 34.9 Å². The van der Waals surface area contributed by atoms with Crippen molar-refractivity contribution < 1.29 is 9.59 Å². The average Bonchev–Trinajstić information content (AvgIpc) is 2.30. The molecule has 0 heterocycles. The standard InChI is InChI=1S/C15H23N3O2/c1-10-5-6-13(7-11(10)2)12(3)17-15(20)9-18(4)8-14(16)19/h5-7,12H,8-9H2,1-4H3,(H2,16,19)(H,17,20)/t12-/m1/s1. The first-order valence-corrected chi connectivity index (χ1v) is 6.63. The summed E-state index contributed by atoms with van der Waals surface area (Å²) < 4.78 is 0. The second-order valence-corrected chi connectivity index (χ2v) is 5.27. The van der Waals surface area contributed by atoms with E-state index in [2.05, 4.69) is 18.3 Å². The summed E-state index contributed by atoms with van der Waals surface area (Å²) in [6.07, 6.45) is 0. The molecular formula is C15H23N3O2. The van der Waals surface area contributed by atoms with Gasteiger partial charge in [0.15, 0.2) is 0 Å². The van der Waals surface area contributed by atoms with E-state index in [0.717, 1.165) is 5.56 Å². The molecule has 0 unspecified atom stereocenters. The molecule has 0 saturated heterocycles. The molecule has 5 heteroatoms. The van der Waals surface area contributed by atoms with Crippen molar-refractivity contribution >= 4 is 11.8 Å². The highest BCUT2D eigenvalue weighted by Gasteiger charge is 2.13. The van der Waals surface area contributed by atoms with Crippen LogP contribution in [-0.4, -0.2) is 36.9 Å². The lowest BCUT2D eigenvalue weighted by Crippen LogP contribution is -2.40.